The molecule has 0 aromatic carbocycles. The van der Waals surface area contributed by atoms with E-state index >= 15 is 0 Å². The van der Waals surface area contributed by atoms with Crippen LogP contribution >= 0.6 is 11.8 Å². The fraction of sp³-hybridized carbons (Fsp3) is 0.786. The highest BCUT2D eigenvalue weighted by Gasteiger charge is 2.22. The summed E-state index contributed by atoms with van der Waals surface area (Å²) >= 11 is 1.96. The van der Waals surface area contributed by atoms with Crippen LogP contribution in [0.3, 0.4) is 0 Å². The van der Waals surface area contributed by atoms with Crippen LogP contribution in [0.1, 0.15) is 52.4 Å². The molecule has 0 amide bonds. The first-order valence-corrected chi connectivity index (χ1v) is 8.02. The zero-order valence-electron chi connectivity index (χ0n) is 12.9. The van der Waals surface area contributed by atoms with Crippen LogP contribution in [0.25, 0.3) is 0 Å². The molecule has 1 aromatic heterocycles. The molecule has 0 bridgehead atoms. The molecular weight excluding hydrogens is 258 g/mol. The Kier molecular flexibility index (Phi) is 6.72. The fourth-order valence-corrected chi connectivity index (χ4v) is 2.88. The number of hydrogen-bond acceptors (Lipinski definition) is 4. The lowest BCUT2D eigenvalue weighted by atomic mass is 10.2. The van der Waals surface area contributed by atoms with Crippen LogP contribution < -0.4 is 10.1 Å². The molecule has 0 spiro atoms. The summed E-state index contributed by atoms with van der Waals surface area (Å²) in [5.41, 5.74) is 1.16. The molecule has 0 radical (unpaired) electrons. The standard InChI is InChI=1S/C14H27N3OS/c1-7-15-12(9-19-11(4)5)14-13(18-6)8-16-17(14)10(2)3/h8,10-12,15H,7,9H2,1-6H3. The summed E-state index contributed by atoms with van der Waals surface area (Å²) < 4.78 is 7.54. The summed E-state index contributed by atoms with van der Waals surface area (Å²) in [6.45, 7) is 11.8. The van der Waals surface area contributed by atoms with E-state index in [1.54, 1.807) is 7.11 Å². The molecule has 1 unspecified atom stereocenters. The summed E-state index contributed by atoms with van der Waals surface area (Å²) in [6.07, 6.45) is 1.82. The Morgan fingerprint density at radius 1 is 1.37 bits per heavy atom. The molecule has 0 saturated heterocycles. The summed E-state index contributed by atoms with van der Waals surface area (Å²) in [5.74, 6) is 1.91. The fourth-order valence-electron chi connectivity index (χ4n) is 2.03. The third kappa shape index (κ3) is 4.42. The van der Waals surface area contributed by atoms with Gasteiger partial charge in [0.1, 0.15) is 0 Å². The normalized spacial score (nSPS) is 13.3. The van der Waals surface area contributed by atoms with Crippen molar-refractivity contribution in [3.05, 3.63) is 11.9 Å². The first-order chi connectivity index (χ1) is 9.01. The molecule has 4 nitrogen and oxygen atoms in total. The maximum absolute atomic E-state index is 5.48. The third-order valence-electron chi connectivity index (χ3n) is 2.88. The Labute approximate surface area is 121 Å². The maximum Gasteiger partial charge on any atom is 0.161 e. The van der Waals surface area contributed by atoms with Gasteiger partial charge in [0.05, 0.1) is 25.0 Å². The van der Waals surface area contributed by atoms with E-state index in [4.69, 9.17) is 4.74 Å². The van der Waals surface area contributed by atoms with Gasteiger partial charge >= 0.3 is 0 Å². The highest BCUT2D eigenvalue weighted by atomic mass is 32.2. The van der Waals surface area contributed by atoms with Crippen molar-refractivity contribution in [2.45, 2.75) is 52.0 Å². The number of ether oxygens (including phenoxy) is 1. The predicted molar refractivity (Wildman–Crippen MR) is 83.2 cm³/mol. The minimum absolute atomic E-state index is 0.275. The van der Waals surface area contributed by atoms with Gasteiger partial charge in [-0.25, -0.2) is 0 Å². The number of aromatic nitrogens is 2. The van der Waals surface area contributed by atoms with E-state index in [2.05, 4.69) is 49.7 Å². The SMILES string of the molecule is CCNC(CSC(C)C)c1c(OC)cnn1C(C)C. The molecule has 0 aliphatic heterocycles. The van der Waals surface area contributed by atoms with Gasteiger partial charge in [-0.1, -0.05) is 20.8 Å². The van der Waals surface area contributed by atoms with E-state index in [1.165, 1.54) is 0 Å². The molecule has 0 saturated carbocycles. The number of thioether (sulfide) groups is 1. The smallest absolute Gasteiger partial charge is 0.161 e. The van der Waals surface area contributed by atoms with Gasteiger partial charge in [-0.2, -0.15) is 16.9 Å². The molecule has 0 fully saturated rings. The van der Waals surface area contributed by atoms with Crippen LogP contribution in [0.4, 0.5) is 0 Å². The zero-order valence-corrected chi connectivity index (χ0v) is 13.8. The molecule has 5 heteroatoms. The molecular formula is C14H27N3OS. The Morgan fingerprint density at radius 3 is 2.53 bits per heavy atom. The predicted octanol–water partition coefficient (Wildman–Crippen LogP) is 3.26. The average Bonchev–Trinajstić information content (AvgIpc) is 2.77. The van der Waals surface area contributed by atoms with Crippen LogP contribution in [0.5, 0.6) is 5.75 Å². The number of nitrogens with zero attached hydrogens (tertiary/aromatic N) is 2. The van der Waals surface area contributed by atoms with Crippen molar-refractivity contribution in [1.82, 2.24) is 15.1 Å². The molecule has 19 heavy (non-hydrogen) atoms. The van der Waals surface area contributed by atoms with Gasteiger partial charge in [0.15, 0.2) is 5.75 Å². The zero-order chi connectivity index (χ0) is 14.4. The Hall–Kier alpha value is -0.680. The van der Waals surface area contributed by atoms with Gasteiger partial charge in [0.25, 0.3) is 0 Å². The molecule has 1 N–H and O–H groups in total. The number of methoxy groups -OCH3 is 1. The second-order valence-corrected chi connectivity index (χ2v) is 6.74. The van der Waals surface area contributed by atoms with Crippen molar-refractivity contribution >= 4 is 11.8 Å². The van der Waals surface area contributed by atoms with E-state index in [0.29, 0.717) is 11.3 Å². The number of rotatable bonds is 8. The molecule has 1 rings (SSSR count). The third-order valence-corrected chi connectivity index (χ3v) is 4.08. The van der Waals surface area contributed by atoms with Crippen molar-refractivity contribution < 1.29 is 4.74 Å². The monoisotopic (exact) mass is 285 g/mol. The summed E-state index contributed by atoms with van der Waals surface area (Å²) in [7, 11) is 1.71. The van der Waals surface area contributed by atoms with E-state index < -0.39 is 0 Å². The van der Waals surface area contributed by atoms with E-state index in [1.807, 2.05) is 18.0 Å². The lowest BCUT2D eigenvalue weighted by Gasteiger charge is -2.22. The summed E-state index contributed by atoms with van der Waals surface area (Å²) in [5, 5.41) is 8.64. The second kappa shape index (κ2) is 7.80. The molecule has 0 aliphatic rings. The average molecular weight is 285 g/mol. The topological polar surface area (TPSA) is 39.1 Å². The highest BCUT2D eigenvalue weighted by molar-refractivity contribution is 7.99. The maximum atomic E-state index is 5.48. The van der Waals surface area contributed by atoms with Crippen molar-refractivity contribution in [1.29, 1.82) is 0 Å². The van der Waals surface area contributed by atoms with Crippen LogP contribution in [0.2, 0.25) is 0 Å². The Balaban J connectivity index is 3.01. The van der Waals surface area contributed by atoms with E-state index in [-0.39, 0.29) is 6.04 Å². The molecule has 110 valence electrons. The van der Waals surface area contributed by atoms with Crippen molar-refractivity contribution in [3.8, 4) is 5.75 Å². The van der Waals surface area contributed by atoms with Gasteiger partial charge in [-0.05, 0) is 25.6 Å². The van der Waals surface area contributed by atoms with Crippen molar-refractivity contribution in [3.63, 3.8) is 0 Å². The van der Waals surface area contributed by atoms with Crippen molar-refractivity contribution in [2.75, 3.05) is 19.4 Å². The second-order valence-electron chi connectivity index (χ2n) is 5.13. The molecule has 1 atom stereocenters. The van der Waals surface area contributed by atoms with Crippen LogP contribution in [-0.4, -0.2) is 34.4 Å². The van der Waals surface area contributed by atoms with Crippen molar-refractivity contribution in [2.24, 2.45) is 0 Å². The lowest BCUT2D eigenvalue weighted by Crippen LogP contribution is -2.27. The summed E-state index contributed by atoms with van der Waals surface area (Å²) in [6, 6.07) is 0.612. The lowest BCUT2D eigenvalue weighted by molar-refractivity contribution is 0.391. The van der Waals surface area contributed by atoms with Gasteiger partial charge in [0, 0.05) is 11.8 Å². The minimum atomic E-state index is 0.275. The van der Waals surface area contributed by atoms with Crippen LogP contribution in [0.15, 0.2) is 6.20 Å². The van der Waals surface area contributed by atoms with E-state index in [0.717, 1.165) is 23.7 Å². The molecule has 1 heterocycles. The first kappa shape index (κ1) is 16.4. The van der Waals surface area contributed by atoms with Crippen LogP contribution in [0, 0.1) is 0 Å². The molecule has 0 aliphatic carbocycles. The Bertz CT molecular complexity index is 377. The largest absolute Gasteiger partial charge is 0.493 e. The van der Waals surface area contributed by atoms with Gasteiger partial charge in [-0.15, -0.1) is 0 Å². The van der Waals surface area contributed by atoms with Gasteiger partial charge in [0.2, 0.25) is 0 Å². The molecule has 1 aromatic rings. The quantitative estimate of drug-likeness (QED) is 0.795. The Morgan fingerprint density at radius 2 is 2.05 bits per heavy atom. The minimum Gasteiger partial charge on any atom is -0.493 e. The highest BCUT2D eigenvalue weighted by Crippen LogP contribution is 2.30. The van der Waals surface area contributed by atoms with Gasteiger partial charge in [-0.3, -0.25) is 4.68 Å². The van der Waals surface area contributed by atoms with Gasteiger partial charge < -0.3 is 10.1 Å². The van der Waals surface area contributed by atoms with Crippen LogP contribution in [-0.2, 0) is 0 Å². The summed E-state index contributed by atoms with van der Waals surface area (Å²) in [4.78, 5) is 0. The number of hydrogen-bond donors (Lipinski definition) is 1. The number of nitrogens with one attached hydrogen (secondary N) is 1. The van der Waals surface area contributed by atoms with E-state index in [9.17, 15) is 0 Å². The first-order valence-electron chi connectivity index (χ1n) is 6.97.